The van der Waals surface area contributed by atoms with Crippen molar-refractivity contribution in [1.29, 1.82) is 0 Å². The van der Waals surface area contributed by atoms with Gasteiger partial charge in [0.1, 0.15) is 0 Å². The monoisotopic (exact) mass is 388 g/mol. The first-order valence-corrected chi connectivity index (χ1v) is 10.9. The van der Waals surface area contributed by atoms with Crippen molar-refractivity contribution >= 4 is 11.8 Å². The number of esters is 1. The molecule has 2 aromatic carbocycles. The van der Waals surface area contributed by atoms with Crippen LogP contribution < -0.4 is 0 Å². The highest BCUT2D eigenvalue weighted by atomic mass is 16.5. The van der Waals surface area contributed by atoms with Crippen LogP contribution in [0.15, 0.2) is 60.7 Å². The lowest BCUT2D eigenvalue weighted by Gasteiger charge is -2.56. The van der Waals surface area contributed by atoms with E-state index < -0.39 is 6.10 Å². The molecule has 0 heterocycles. The van der Waals surface area contributed by atoms with Gasteiger partial charge in [-0.1, -0.05) is 60.7 Å². The first-order valence-electron chi connectivity index (χ1n) is 10.9. The molecule has 4 bridgehead atoms. The molecule has 0 aliphatic heterocycles. The molecule has 0 radical (unpaired) electrons. The zero-order chi connectivity index (χ0) is 19.8. The van der Waals surface area contributed by atoms with Crippen LogP contribution in [0.3, 0.4) is 0 Å². The number of hydrogen-bond acceptors (Lipinski definition) is 3. The molecule has 3 heteroatoms. The molecule has 0 aromatic heterocycles. The molecule has 4 aliphatic carbocycles. The third kappa shape index (κ3) is 3.75. The molecule has 3 nitrogen and oxygen atoms in total. The Kier molecular flexibility index (Phi) is 4.77. The minimum Gasteiger partial charge on any atom is -0.449 e. The highest BCUT2D eigenvalue weighted by molar-refractivity contribution is 6.01. The number of carbonyl (C=O) groups excluding carboxylic acids is 2. The molecular weight excluding hydrogens is 360 g/mol. The highest BCUT2D eigenvalue weighted by Crippen LogP contribution is 2.61. The fraction of sp³-hybridized carbons (Fsp3) is 0.462. The van der Waals surface area contributed by atoms with E-state index in [0.717, 1.165) is 42.6 Å². The van der Waals surface area contributed by atoms with Crippen molar-refractivity contribution in [3.8, 4) is 0 Å². The number of hydrogen-bond donors (Lipinski definition) is 0. The van der Waals surface area contributed by atoms with Crippen molar-refractivity contribution in [3.05, 3.63) is 71.8 Å². The van der Waals surface area contributed by atoms with Crippen molar-refractivity contribution in [2.24, 2.45) is 23.2 Å². The lowest BCUT2D eigenvalue weighted by atomic mass is 9.49. The van der Waals surface area contributed by atoms with E-state index in [1.165, 1.54) is 19.3 Å². The Morgan fingerprint density at radius 3 is 1.90 bits per heavy atom. The third-order valence-electron chi connectivity index (χ3n) is 7.33. The van der Waals surface area contributed by atoms with Crippen molar-refractivity contribution in [2.45, 2.75) is 51.0 Å². The largest absolute Gasteiger partial charge is 0.449 e. The Morgan fingerprint density at radius 2 is 1.34 bits per heavy atom. The lowest BCUT2D eigenvalue weighted by molar-refractivity contribution is -0.155. The van der Waals surface area contributed by atoms with Crippen LogP contribution in [0.2, 0.25) is 0 Å². The number of ether oxygens (including phenoxy) is 1. The van der Waals surface area contributed by atoms with Crippen LogP contribution in [0.25, 0.3) is 0 Å². The van der Waals surface area contributed by atoms with Crippen molar-refractivity contribution in [2.75, 3.05) is 0 Å². The van der Waals surface area contributed by atoms with Crippen LogP contribution in [0.4, 0.5) is 0 Å². The predicted molar refractivity (Wildman–Crippen MR) is 111 cm³/mol. The predicted octanol–water partition coefficient (Wildman–Crippen LogP) is 5.76. The second-order valence-electron chi connectivity index (χ2n) is 9.61. The second kappa shape index (κ2) is 7.44. The number of ketones is 1. The molecule has 4 fully saturated rings. The van der Waals surface area contributed by atoms with Gasteiger partial charge in [0.25, 0.3) is 0 Å². The zero-order valence-electron chi connectivity index (χ0n) is 16.8. The summed E-state index contributed by atoms with van der Waals surface area (Å²) >= 11 is 0. The van der Waals surface area contributed by atoms with Gasteiger partial charge in [-0.05, 0) is 61.7 Å². The highest BCUT2D eigenvalue weighted by Gasteiger charge is 2.51. The van der Waals surface area contributed by atoms with E-state index in [0.29, 0.717) is 12.0 Å². The smallest absolute Gasteiger partial charge is 0.307 e. The van der Waals surface area contributed by atoms with Crippen LogP contribution in [0.5, 0.6) is 0 Å². The summed E-state index contributed by atoms with van der Waals surface area (Å²) in [5.41, 5.74) is 1.42. The third-order valence-corrected chi connectivity index (χ3v) is 7.33. The van der Waals surface area contributed by atoms with Gasteiger partial charge < -0.3 is 4.74 Å². The van der Waals surface area contributed by atoms with E-state index >= 15 is 0 Å². The Hall–Kier alpha value is -2.42. The molecule has 1 atom stereocenters. The molecule has 4 aliphatic rings. The Labute approximate surface area is 172 Å². The van der Waals surface area contributed by atoms with Gasteiger partial charge in [-0.2, -0.15) is 0 Å². The van der Waals surface area contributed by atoms with E-state index in [9.17, 15) is 9.59 Å². The van der Waals surface area contributed by atoms with E-state index in [1.807, 2.05) is 48.5 Å². The molecule has 0 N–H and O–H groups in total. The van der Waals surface area contributed by atoms with Crippen LogP contribution in [-0.4, -0.2) is 11.8 Å². The minimum absolute atomic E-state index is 0.114. The first-order chi connectivity index (χ1) is 14.1. The van der Waals surface area contributed by atoms with E-state index in [2.05, 4.69) is 0 Å². The maximum atomic E-state index is 13.2. The molecule has 4 saturated carbocycles. The zero-order valence-corrected chi connectivity index (χ0v) is 16.8. The summed E-state index contributed by atoms with van der Waals surface area (Å²) in [5, 5.41) is 0. The number of Topliss-reactive ketones (excluding diaryl/α,β-unsaturated/α-hetero) is 1. The van der Waals surface area contributed by atoms with Crippen LogP contribution in [-0.2, 0) is 9.53 Å². The van der Waals surface area contributed by atoms with Gasteiger partial charge in [0.2, 0.25) is 5.78 Å². The summed E-state index contributed by atoms with van der Waals surface area (Å²) in [7, 11) is 0. The Balaban J connectivity index is 1.35. The topological polar surface area (TPSA) is 43.4 Å². The molecule has 150 valence electrons. The maximum Gasteiger partial charge on any atom is 0.307 e. The van der Waals surface area contributed by atoms with Crippen molar-refractivity contribution in [3.63, 3.8) is 0 Å². The van der Waals surface area contributed by atoms with Gasteiger partial charge in [-0.15, -0.1) is 0 Å². The van der Waals surface area contributed by atoms with Crippen molar-refractivity contribution < 1.29 is 14.3 Å². The molecule has 1 unspecified atom stereocenters. The summed E-state index contributed by atoms with van der Waals surface area (Å²) < 4.78 is 5.90. The molecule has 0 spiro atoms. The van der Waals surface area contributed by atoms with E-state index in [1.54, 1.807) is 12.1 Å². The van der Waals surface area contributed by atoms with Gasteiger partial charge in [0.05, 0.1) is 6.42 Å². The molecule has 0 saturated heterocycles. The quantitative estimate of drug-likeness (QED) is 0.467. The summed E-state index contributed by atoms with van der Waals surface area (Å²) in [6, 6.07) is 18.5. The number of carbonyl (C=O) groups is 2. The van der Waals surface area contributed by atoms with Gasteiger partial charge in [0.15, 0.2) is 6.10 Å². The summed E-state index contributed by atoms with van der Waals surface area (Å²) in [6.07, 6.45) is 7.14. The summed E-state index contributed by atoms with van der Waals surface area (Å²) in [5.74, 6) is 2.01. The molecule has 6 rings (SSSR count). The normalized spacial score (nSPS) is 30.7. The van der Waals surface area contributed by atoms with Crippen LogP contribution in [0.1, 0.15) is 67.0 Å². The summed E-state index contributed by atoms with van der Waals surface area (Å²) in [4.78, 5) is 26.2. The van der Waals surface area contributed by atoms with Crippen LogP contribution in [0, 0.1) is 23.2 Å². The second-order valence-corrected chi connectivity index (χ2v) is 9.61. The fourth-order valence-electron chi connectivity index (χ4n) is 6.64. The molecule has 29 heavy (non-hydrogen) atoms. The average molecular weight is 389 g/mol. The molecule has 0 amide bonds. The number of benzene rings is 2. The standard InChI is InChI=1S/C26H28O3/c27-23(17-26-14-18-11-19(15-26)13-20(12-18)16-26)29-25(22-9-5-2-6-10-22)24(28)21-7-3-1-4-8-21/h1-10,18-20,25H,11-17H2. The maximum absolute atomic E-state index is 13.2. The van der Waals surface area contributed by atoms with Crippen molar-refractivity contribution in [1.82, 2.24) is 0 Å². The Bertz CT molecular complexity index is 851. The number of rotatable bonds is 6. The average Bonchev–Trinajstić information content (AvgIpc) is 2.71. The van der Waals surface area contributed by atoms with Gasteiger partial charge in [-0.25, -0.2) is 0 Å². The van der Waals surface area contributed by atoms with Crippen LogP contribution >= 0.6 is 0 Å². The minimum atomic E-state index is -0.875. The van der Waals surface area contributed by atoms with Gasteiger partial charge in [-0.3, -0.25) is 9.59 Å². The lowest BCUT2D eigenvalue weighted by Crippen LogP contribution is -2.47. The van der Waals surface area contributed by atoms with E-state index in [-0.39, 0.29) is 17.2 Å². The van der Waals surface area contributed by atoms with Gasteiger partial charge in [0, 0.05) is 11.1 Å². The fourth-order valence-corrected chi connectivity index (χ4v) is 6.64. The molecular formula is C26H28O3. The Morgan fingerprint density at radius 1 is 0.828 bits per heavy atom. The SMILES string of the molecule is O=C(CC12CC3CC(CC(C3)C1)C2)OC(C(=O)c1ccccc1)c1ccccc1. The molecule has 2 aromatic rings. The first kappa shape index (κ1) is 18.6. The summed E-state index contributed by atoms with van der Waals surface area (Å²) in [6.45, 7) is 0. The van der Waals surface area contributed by atoms with Gasteiger partial charge >= 0.3 is 5.97 Å². The van der Waals surface area contributed by atoms with E-state index in [4.69, 9.17) is 4.74 Å².